The van der Waals surface area contributed by atoms with E-state index in [2.05, 4.69) is 0 Å². The van der Waals surface area contributed by atoms with Gasteiger partial charge in [-0.15, -0.1) is 0 Å². The molecule has 122 valence electrons. The molecule has 2 aliphatic rings. The van der Waals surface area contributed by atoms with Crippen molar-refractivity contribution in [1.82, 2.24) is 9.80 Å². The maximum atomic E-state index is 12.9. The van der Waals surface area contributed by atoms with E-state index in [1.807, 2.05) is 36.4 Å². The van der Waals surface area contributed by atoms with E-state index in [1.54, 1.807) is 29.0 Å². The highest BCUT2D eigenvalue weighted by molar-refractivity contribution is 5.98. The number of benzene rings is 2. The monoisotopic (exact) mass is 322 g/mol. The summed E-state index contributed by atoms with van der Waals surface area (Å²) in [5.74, 6) is 0.693. The summed E-state index contributed by atoms with van der Waals surface area (Å²) in [5.41, 5.74) is 2.75. The van der Waals surface area contributed by atoms with Crippen LogP contribution in [0, 0.1) is 0 Å². The lowest BCUT2D eigenvalue weighted by atomic mass is 9.96. The molecule has 1 saturated heterocycles. The molecular formula is C19H18N2O3. The largest absolute Gasteiger partial charge is 0.497 e. The summed E-state index contributed by atoms with van der Waals surface area (Å²) in [6, 6.07) is 15.0. The van der Waals surface area contributed by atoms with Crippen LogP contribution in [-0.4, -0.2) is 41.8 Å². The van der Waals surface area contributed by atoms with Gasteiger partial charge in [-0.3, -0.25) is 9.59 Å². The standard InChI is InChI=1S/C19H18N2O3/c1-24-15-7-8-16-14(11-15)9-10-20-17(22)12-21(18(16)20)19(23)13-5-3-2-4-6-13/h2-8,11,18H,9-10,12H2,1H3. The summed E-state index contributed by atoms with van der Waals surface area (Å²) < 4.78 is 5.30. The second-order valence-corrected chi connectivity index (χ2v) is 6.07. The van der Waals surface area contributed by atoms with E-state index in [9.17, 15) is 9.59 Å². The van der Waals surface area contributed by atoms with Gasteiger partial charge in [0.15, 0.2) is 0 Å². The summed E-state index contributed by atoms with van der Waals surface area (Å²) >= 11 is 0. The second-order valence-electron chi connectivity index (χ2n) is 6.07. The van der Waals surface area contributed by atoms with Crippen LogP contribution in [0.3, 0.4) is 0 Å². The molecule has 2 aromatic rings. The Balaban J connectivity index is 1.74. The maximum absolute atomic E-state index is 12.9. The van der Waals surface area contributed by atoms with Crippen molar-refractivity contribution < 1.29 is 14.3 Å². The molecular weight excluding hydrogens is 304 g/mol. The number of fused-ring (bicyclic) bond motifs is 3. The van der Waals surface area contributed by atoms with Gasteiger partial charge in [0.2, 0.25) is 5.91 Å². The third-order valence-corrected chi connectivity index (χ3v) is 4.75. The third kappa shape index (κ3) is 2.24. The molecule has 0 radical (unpaired) electrons. The number of carbonyl (C=O) groups is 2. The maximum Gasteiger partial charge on any atom is 0.256 e. The highest BCUT2D eigenvalue weighted by atomic mass is 16.5. The number of carbonyl (C=O) groups excluding carboxylic acids is 2. The summed E-state index contributed by atoms with van der Waals surface area (Å²) in [5, 5.41) is 0. The number of hydrogen-bond donors (Lipinski definition) is 0. The fourth-order valence-corrected chi connectivity index (χ4v) is 3.56. The molecule has 0 N–H and O–H groups in total. The number of nitrogens with zero attached hydrogens (tertiary/aromatic N) is 2. The van der Waals surface area contributed by atoms with Crippen LogP contribution in [0.5, 0.6) is 5.75 Å². The number of amides is 2. The van der Waals surface area contributed by atoms with Crippen molar-refractivity contribution in [2.45, 2.75) is 12.6 Å². The lowest BCUT2D eigenvalue weighted by molar-refractivity contribution is -0.128. The Labute approximate surface area is 140 Å². The zero-order valence-corrected chi connectivity index (χ0v) is 13.4. The number of methoxy groups -OCH3 is 1. The molecule has 2 heterocycles. The Bertz CT molecular complexity index is 804. The van der Waals surface area contributed by atoms with Gasteiger partial charge in [0.1, 0.15) is 18.5 Å². The molecule has 1 atom stereocenters. The first-order chi connectivity index (χ1) is 11.7. The van der Waals surface area contributed by atoms with E-state index in [0.717, 1.165) is 23.3 Å². The molecule has 2 aliphatic heterocycles. The van der Waals surface area contributed by atoms with Crippen molar-refractivity contribution in [2.24, 2.45) is 0 Å². The van der Waals surface area contributed by atoms with Gasteiger partial charge >= 0.3 is 0 Å². The molecule has 2 amide bonds. The van der Waals surface area contributed by atoms with Gasteiger partial charge in [0.25, 0.3) is 5.91 Å². The Kier molecular flexibility index (Phi) is 3.49. The van der Waals surface area contributed by atoms with E-state index in [1.165, 1.54) is 0 Å². The lowest BCUT2D eigenvalue weighted by Gasteiger charge is -2.35. The topological polar surface area (TPSA) is 49.9 Å². The number of ether oxygens (including phenoxy) is 1. The predicted molar refractivity (Wildman–Crippen MR) is 88.6 cm³/mol. The van der Waals surface area contributed by atoms with Gasteiger partial charge < -0.3 is 14.5 Å². The molecule has 0 aliphatic carbocycles. The first-order valence-electron chi connectivity index (χ1n) is 8.01. The summed E-state index contributed by atoms with van der Waals surface area (Å²) in [7, 11) is 1.64. The smallest absolute Gasteiger partial charge is 0.256 e. The molecule has 1 unspecified atom stereocenters. The number of rotatable bonds is 2. The highest BCUT2D eigenvalue weighted by Gasteiger charge is 2.44. The first kappa shape index (κ1) is 14.8. The molecule has 0 spiro atoms. The van der Waals surface area contributed by atoms with Gasteiger partial charge in [-0.2, -0.15) is 0 Å². The van der Waals surface area contributed by atoms with Gasteiger partial charge in [0, 0.05) is 12.1 Å². The molecule has 4 rings (SSSR count). The second kappa shape index (κ2) is 5.67. The summed E-state index contributed by atoms with van der Waals surface area (Å²) in [4.78, 5) is 28.8. The lowest BCUT2D eigenvalue weighted by Crippen LogP contribution is -2.39. The molecule has 2 aromatic carbocycles. The van der Waals surface area contributed by atoms with E-state index >= 15 is 0 Å². The van der Waals surface area contributed by atoms with E-state index in [0.29, 0.717) is 12.1 Å². The quantitative estimate of drug-likeness (QED) is 0.852. The molecule has 0 aromatic heterocycles. The Hall–Kier alpha value is -2.82. The SMILES string of the molecule is COc1ccc2c(c1)CCN1C(=O)CN(C(=O)c3ccccc3)C21. The molecule has 1 fully saturated rings. The van der Waals surface area contributed by atoms with Crippen LogP contribution in [0.15, 0.2) is 48.5 Å². The van der Waals surface area contributed by atoms with Crippen LogP contribution < -0.4 is 4.74 Å². The van der Waals surface area contributed by atoms with Crippen molar-refractivity contribution in [1.29, 1.82) is 0 Å². The Morgan fingerprint density at radius 3 is 2.71 bits per heavy atom. The molecule has 0 saturated carbocycles. The summed E-state index contributed by atoms with van der Waals surface area (Å²) in [6.07, 6.45) is 0.460. The van der Waals surface area contributed by atoms with E-state index < -0.39 is 0 Å². The van der Waals surface area contributed by atoms with Crippen LogP contribution in [0.25, 0.3) is 0 Å². The van der Waals surface area contributed by atoms with Gasteiger partial charge in [0.05, 0.1) is 7.11 Å². The predicted octanol–water partition coefficient (Wildman–Crippen LogP) is 2.23. The van der Waals surface area contributed by atoms with Crippen LogP contribution >= 0.6 is 0 Å². The Morgan fingerprint density at radius 2 is 1.96 bits per heavy atom. The minimum atomic E-state index is -0.320. The fraction of sp³-hybridized carbons (Fsp3) is 0.263. The van der Waals surface area contributed by atoms with Crippen molar-refractivity contribution in [3.05, 3.63) is 65.2 Å². The van der Waals surface area contributed by atoms with Gasteiger partial charge in [-0.05, 0) is 41.8 Å². The zero-order chi connectivity index (χ0) is 16.7. The number of hydrogen-bond acceptors (Lipinski definition) is 3. The van der Waals surface area contributed by atoms with Crippen molar-refractivity contribution in [3.8, 4) is 5.75 Å². The normalized spacial score (nSPS) is 19.0. The van der Waals surface area contributed by atoms with E-state index in [-0.39, 0.29) is 24.5 Å². The zero-order valence-electron chi connectivity index (χ0n) is 13.4. The first-order valence-corrected chi connectivity index (χ1v) is 8.01. The van der Waals surface area contributed by atoms with Crippen LogP contribution in [0.1, 0.15) is 27.7 Å². The molecule has 24 heavy (non-hydrogen) atoms. The minimum Gasteiger partial charge on any atom is -0.497 e. The fourth-order valence-electron chi connectivity index (χ4n) is 3.56. The van der Waals surface area contributed by atoms with Crippen molar-refractivity contribution in [2.75, 3.05) is 20.2 Å². The van der Waals surface area contributed by atoms with Gasteiger partial charge in [-0.25, -0.2) is 0 Å². The minimum absolute atomic E-state index is 0.00532. The van der Waals surface area contributed by atoms with E-state index in [4.69, 9.17) is 4.74 Å². The molecule has 5 heteroatoms. The van der Waals surface area contributed by atoms with Crippen LogP contribution in [-0.2, 0) is 11.2 Å². The third-order valence-electron chi connectivity index (χ3n) is 4.75. The van der Waals surface area contributed by atoms with Crippen molar-refractivity contribution >= 4 is 11.8 Å². The average molecular weight is 322 g/mol. The summed E-state index contributed by atoms with van der Waals surface area (Å²) in [6.45, 7) is 0.756. The van der Waals surface area contributed by atoms with Crippen molar-refractivity contribution in [3.63, 3.8) is 0 Å². The van der Waals surface area contributed by atoms with Crippen LogP contribution in [0.2, 0.25) is 0 Å². The molecule has 0 bridgehead atoms. The van der Waals surface area contributed by atoms with Crippen LogP contribution in [0.4, 0.5) is 0 Å². The van der Waals surface area contributed by atoms with Gasteiger partial charge in [-0.1, -0.05) is 24.3 Å². The Morgan fingerprint density at radius 1 is 1.17 bits per heavy atom. The molecule has 5 nitrogen and oxygen atoms in total. The highest BCUT2D eigenvalue weighted by Crippen LogP contribution is 2.38. The average Bonchev–Trinajstić information content (AvgIpc) is 2.98.